The lowest BCUT2D eigenvalue weighted by Gasteiger charge is -2.33. The Morgan fingerprint density at radius 1 is 1.26 bits per heavy atom. The summed E-state index contributed by atoms with van der Waals surface area (Å²) in [6.45, 7) is 1.11. The van der Waals surface area contributed by atoms with Gasteiger partial charge in [-0.3, -0.25) is 4.79 Å². The number of halogens is 3. The Hall–Kier alpha value is -1.77. The Kier molecular flexibility index (Phi) is 4.88. The van der Waals surface area contributed by atoms with E-state index < -0.39 is 20.2 Å². The molecule has 1 aliphatic rings. The van der Waals surface area contributed by atoms with Gasteiger partial charge in [-0.25, -0.2) is 8.42 Å². The standard InChI is InChI=1S/C14H17F3N2O3S/c1-18-13(20)10-3-2-8-19(9-10)11-4-6-12(7-5-11)23(21,22)14(15,16)17/h4-7,10H,2-3,8-9H2,1H3,(H,18,20). The van der Waals surface area contributed by atoms with Crippen molar-refractivity contribution in [1.29, 1.82) is 0 Å². The molecule has 0 aromatic heterocycles. The number of carbonyl (C=O) groups is 1. The van der Waals surface area contributed by atoms with Gasteiger partial charge in [0.25, 0.3) is 9.84 Å². The molecule has 1 unspecified atom stereocenters. The maximum atomic E-state index is 12.5. The Labute approximate surface area is 132 Å². The summed E-state index contributed by atoms with van der Waals surface area (Å²) >= 11 is 0. The fraction of sp³-hybridized carbons (Fsp3) is 0.500. The molecular weight excluding hydrogens is 333 g/mol. The van der Waals surface area contributed by atoms with Gasteiger partial charge in [-0.15, -0.1) is 0 Å². The first-order chi connectivity index (χ1) is 10.7. The third kappa shape index (κ3) is 3.60. The molecule has 23 heavy (non-hydrogen) atoms. The topological polar surface area (TPSA) is 66.5 Å². The van der Waals surface area contributed by atoms with Crippen molar-refractivity contribution in [3.8, 4) is 0 Å². The number of benzene rings is 1. The first kappa shape index (κ1) is 17.6. The van der Waals surface area contributed by atoms with E-state index in [1.807, 2.05) is 4.90 Å². The second-order valence-electron chi connectivity index (χ2n) is 5.34. The van der Waals surface area contributed by atoms with Gasteiger partial charge in [0, 0.05) is 25.8 Å². The molecule has 1 atom stereocenters. The molecule has 1 aromatic rings. The van der Waals surface area contributed by atoms with Crippen molar-refractivity contribution in [3.05, 3.63) is 24.3 Å². The van der Waals surface area contributed by atoms with Crippen LogP contribution in [0.15, 0.2) is 29.2 Å². The van der Waals surface area contributed by atoms with Crippen LogP contribution < -0.4 is 10.2 Å². The number of alkyl halides is 3. The van der Waals surface area contributed by atoms with Crippen LogP contribution in [0.25, 0.3) is 0 Å². The molecule has 0 radical (unpaired) electrons. The lowest BCUT2D eigenvalue weighted by Crippen LogP contribution is -2.42. The number of sulfone groups is 1. The number of hydrogen-bond donors (Lipinski definition) is 1. The van der Waals surface area contributed by atoms with Crippen LogP contribution in [0.5, 0.6) is 0 Å². The SMILES string of the molecule is CNC(=O)C1CCCN(c2ccc(S(=O)(=O)C(F)(F)F)cc2)C1. The number of anilines is 1. The summed E-state index contributed by atoms with van der Waals surface area (Å²) in [6.07, 6.45) is 1.53. The summed E-state index contributed by atoms with van der Waals surface area (Å²) in [7, 11) is -3.78. The third-order valence-corrected chi connectivity index (χ3v) is 5.36. The van der Waals surface area contributed by atoms with Gasteiger partial charge >= 0.3 is 5.51 Å². The van der Waals surface area contributed by atoms with Gasteiger partial charge in [0.2, 0.25) is 5.91 Å². The van der Waals surface area contributed by atoms with E-state index in [2.05, 4.69) is 5.32 Å². The van der Waals surface area contributed by atoms with Crippen LogP contribution in [0.2, 0.25) is 0 Å². The van der Waals surface area contributed by atoms with Crippen LogP contribution in [0.1, 0.15) is 12.8 Å². The molecule has 1 N–H and O–H groups in total. The van der Waals surface area contributed by atoms with E-state index in [1.165, 1.54) is 12.1 Å². The summed E-state index contributed by atoms with van der Waals surface area (Å²) < 4.78 is 60.2. The van der Waals surface area contributed by atoms with Crippen LogP contribution in [0.3, 0.4) is 0 Å². The zero-order chi connectivity index (χ0) is 17.3. The van der Waals surface area contributed by atoms with Gasteiger partial charge in [0.05, 0.1) is 10.8 Å². The monoisotopic (exact) mass is 350 g/mol. The van der Waals surface area contributed by atoms with Crippen molar-refractivity contribution < 1.29 is 26.4 Å². The van der Waals surface area contributed by atoms with Gasteiger partial charge in [-0.1, -0.05) is 0 Å². The fourth-order valence-electron chi connectivity index (χ4n) is 2.60. The number of amides is 1. The van der Waals surface area contributed by atoms with Crippen molar-refractivity contribution in [3.63, 3.8) is 0 Å². The number of nitrogens with zero attached hydrogens (tertiary/aromatic N) is 1. The van der Waals surface area contributed by atoms with Crippen molar-refractivity contribution in [2.24, 2.45) is 5.92 Å². The number of carbonyl (C=O) groups excluding carboxylic acids is 1. The first-order valence-corrected chi connectivity index (χ1v) is 8.53. The zero-order valence-electron chi connectivity index (χ0n) is 12.4. The Balaban J connectivity index is 2.18. The summed E-state index contributed by atoms with van der Waals surface area (Å²) in [5, 5.41) is 2.58. The van der Waals surface area contributed by atoms with Crippen LogP contribution in [-0.4, -0.2) is 40.0 Å². The molecule has 1 fully saturated rings. The van der Waals surface area contributed by atoms with Crippen molar-refractivity contribution in [2.75, 3.05) is 25.0 Å². The molecule has 1 heterocycles. The van der Waals surface area contributed by atoms with Crippen molar-refractivity contribution in [2.45, 2.75) is 23.2 Å². The highest BCUT2D eigenvalue weighted by Crippen LogP contribution is 2.31. The molecule has 0 saturated carbocycles. The van der Waals surface area contributed by atoms with Gasteiger partial charge in [-0.2, -0.15) is 13.2 Å². The predicted octanol–water partition coefficient (Wildman–Crippen LogP) is 1.94. The number of nitrogens with one attached hydrogen (secondary N) is 1. The number of hydrogen-bond acceptors (Lipinski definition) is 4. The molecule has 0 bridgehead atoms. The average Bonchev–Trinajstić information content (AvgIpc) is 2.53. The van der Waals surface area contributed by atoms with E-state index in [0.717, 1.165) is 25.0 Å². The highest BCUT2D eigenvalue weighted by atomic mass is 32.2. The largest absolute Gasteiger partial charge is 0.501 e. The van der Waals surface area contributed by atoms with Gasteiger partial charge in [0.15, 0.2) is 0 Å². The molecule has 128 valence electrons. The molecule has 1 saturated heterocycles. The maximum absolute atomic E-state index is 12.5. The maximum Gasteiger partial charge on any atom is 0.501 e. The van der Waals surface area contributed by atoms with Gasteiger partial charge < -0.3 is 10.2 Å². The van der Waals surface area contributed by atoms with Gasteiger partial charge in [-0.05, 0) is 37.1 Å². The summed E-state index contributed by atoms with van der Waals surface area (Å²) in [5.74, 6) is -0.265. The van der Waals surface area contributed by atoms with E-state index in [-0.39, 0.29) is 11.8 Å². The molecule has 1 amide bonds. The Morgan fingerprint density at radius 3 is 2.39 bits per heavy atom. The van der Waals surface area contributed by atoms with E-state index in [1.54, 1.807) is 7.05 Å². The molecule has 0 aliphatic carbocycles. The van der Waals surface area contributed by atoms with Crippen molar-refractivity contribution >= 4 is 21.4 Å². The van der Waals surface area contributed by atoms with E-state index in [4.69, 9.17) is 0 Å². The molecule has 5 nitrogen and oxygen atoms in total. The minimum Gasteiger partial charge on any atom is -0.371 e. The molecule has 1 aliphatic heterocycles. The van der Waals surface area contributed by atoms with E-state index >= 15 is 0 Å². The molecular formula is C14H17F3N2O3S. The highest BCUT2D eigenvalue weighted by molar-refractivity contribution is 7.92. The molecule has 2 rings (SSSR count). The molecule has 0 spiro atoms. The lowest BCUT2D eigenvalue weighted by molar-refractivity contribution is -0.124. The van der Waals surface area contributed by atoms with Crippen LogP contribution in [0.4, 0.5) is 18.9 Å². The van der Waals surface area contributed by atoms with E-state index in [9.17, 15) is 26.4 Å². The average molecular weight is 350 g/mol. The number of piperidine rings is 1. The fourth-order valence-corrected chi connectivity index (χ4v) is 3.36. The second-order valence-corrected chi connectivity index (χ2v) is 7.28. The van der Waals surface area contributed by atoms with Gasteiger partial charge in [0.1, 0.15) is 0 Å². The van der Waals surface area contributed by atoms with E-state index in [0.29, 0.717) is 18.8 Å². The predicted molar refractivity (Wildman–Crippen MR) is 78.7 cm³/mol. The van der Waals surface area contributed by atoms with Crippen LogP contribution in [0, 0.1) is 5.92 Å². The minimum absolute atomic E-state index is 0.0778. The molecule has 1 aromatic carbocycles. The smallest absolute Gasteiger partial charge is 0.371 e. The lowest BCUT2D eigenvalue weighted by atomic mass is 9.97. The molecule has 9 heteroatoms. The van der Waals surface area contributed by atoms with Crippen LogP contribution >= 0.6 is 0 Å². The quantitative estimate of drug-likeness (QED) is 0.905. The first-order valence-electron chi connectivity index (χ1n) is 7.05. The van der Waals surface area contributed by atoms with Crippen LogP contribution in [-0.2, 0) is 14.6 Å². The Bertz CT molecular complexity index is 672. The number of rotatable bonds is 3. The minimum atomic E-state index is -5.33. The Morgan fingerprint density at radius 2 is 1.87 bits per heavy atom. The summed E-state index contributed by atoms with van der Waals surface area (Å²) in [5.41, 5.74) is -4.72. The zero-order valence-corrected chi connectivity index (χ0v) is 13.2. The second kappa shape index (κ2) is 6.38. The summed E-state index contributed by atoms with van der Waals surface area (Å²) in [4.78, 5) is 12.8. The summed E-state index contributed by atoms with van der Waals surface area (Å²) in [6, 6.07) is 4.57. The highest BCUT2D eigenvalue weighted by Gasteiger charge is 2.46. The van der Waals surface area contributed by atoms with Crippen molar-refractivity contribution in [1.82, 2.24) is 5.32 Å². The third-order valence-electron chi connectivity index (χ3n) is 3.86. The normalized spacial score (nSPS) is 19.5.